The molecule has 0 spiro atoms. The van der Waals surface area contributed by atoms with Crippen LogP contribution in [0, 0.1) is 0 Å². The molecule has 1 amide bonds. The maximum Gasteiger partial charge on any atom is 0.411 e. The number of carboxylic acid groups (broad SMARTS) is 1. The number of halogens is 1. The molecule has 0 saturated carbocycles. The van der Waals surface area contributed by atoms with Gasteiger partial charge in [-0.05, 0) is 59.1 Å². The molecule has 0 radical (unpaired) electrons. The van der Waals surface area contributed by atoms with Crippen molar-refractivity contribution in [1.29, 1.82) is 0 Å². The van der Waals surface area contributed by atoms with Crippen molar-refractivity contribution in [3.05, 3.63) is 34.7 Å². The van der Waals surface area contributed by atoms with Crippen LogP contribution < -0.4 is 15.2 Å². The molecular weight excluding hydrogens is 500 g/mol. The summed E-state index contributed by atoms with van der Waals surface area (Å²) >= 11 is 4.95. The fraction of sp³-hybridized carbons (Fsp3) is 0.300. The van der Waals surface area contributed by atoms with Crippen molar-refractivity contribution >= 4 is 39.6 Å². The van der Waals surface area contributed by atoms with E-state index in [0.717, 1.165) is 27.8 Å². The number of anilines is 1. The Bertz CT molecular complexity index is 1200. The van der Waals surface area contributed by atoms with Gasteiger partial charge < -0.3 is 24.9 Å². The number of nitrogens with two attached hydrogens (primary N) is 1. The molecule has 4 heterocycles. The first-order valence-corrected chi connectivity index (χ1v) is 11.5. The lowest BCUT2D eigenvalue weighted by atomic mass is 10.0. The molecule has 32 heavy (non-hydrogen) atoms. The Morgan fingerprint density at radius 2 is 2.09 bits per heavy atom. The monoisotopic (exact) mass is 518 g/mol. The number of imidazole rings is 1. The molecule has 3 N–H and O–H groups in total. The summed E-state index contributed by atoms with van der Waals surface area (Å²) in [7, 11) is 0. The molecule has 4 aliphatic heterocycles. The molecule has 10 nitrogen and oxygen atoms in total. The zero-order chi connectivity index (χ0) is 22.2. The SMILES string of the molecule is Nc1ncn(CCC2=CN(C(=O)O)CCC2)c2nc(Sc3cc4c(cc3Br)OCO4)nc1-2. The van der Waals surface area contributed by atoms with Gasteiger partial charge in [0.05, 0.1) is 6.33 Å². The van der Waals surface area contributed by atoms with Crippen LogP contribution in [0.15, 0.2) is 44.8 Å². The number of allylic oxidation sites excluding steroid dienone is 1. The van der Waals surface area contributed by atoms with Crippen molar-refractivity contribution in [3.8, 4) is 23.0 Å². The summed E-state index contributed by atoms with van der Waals surface area (Å²) in [6.07, 6.45) is 4.84. The number of nitrogen functional groups attached to an aromatic ring is 1. The van der Waals surface area contributed by atoms with Crippen LogP contribution >= 0.6 is 27.7 Å². The highest BCUT2D eigenvalue weighted by Gasteiger charge is 2.23. The number of hydrogen-bond acceptors (Lipinski definition) is 8. The summed E-state index contributed by atoms with van der Waals surface area (Å²) in [6, 6.07) is 3.75. The molecule has 0 unspecified atom stereocenters. The van der Waals surface area contributed by atoms with E-state index < -0.39 is 6.09 Å². The van der Waals surface area contributed by atoms with E-state index in [-0.39, 0.29) is 6.79 Å². The van der Waals surface area contributed by atoms with E-state index in [9.17, 15) is 9.90 Å². The summed E-state index contributed by atoms with van der Waals surface area (Å²) in [5.74, 6) is 2.33. The Morgan fingerprint density at radius 3 is 2.91 bits per heavy atom. The smallest absolute Gasteiger partial charge is 0.411 e. The standard InChI is InChI=1S/C20H19BrN6O4S/c21-12-6-13-14(31-10-30-13)7-15(12)32-19-24-16-17(22)23-9-27(18(16)25-19)5-3-11-2-1-4-26(8-11)20(28)29/h6-9H,1-5,10,22H2,(H,28,29). The number of nitrogens with zero attached hydrogens (tertiary/aromatic N) is 5. The lowest BCUT2D eigenvalue weighted by molar-refractivity contribution is 0.160. The first kappa shape index (κ1) is 20.9. The van der Waals surface area contributed by atoms with Crippen LogP contribution in [0.3, 0.4) is 0 Å². The number of aromatic nitrogens is 4. The van der Waals surface area contributed by atoms with Crippen molar-refractivity contribution in [2.24, 2.45) is 0 Å². The maximum atomic E-state index is 11.2. The second-order valence-corrected chi connectivity index (χ2v) is 9.22. The average Bonchev–Trinajstić information content (AvgIpc) is 3.41. The van der Waals surface area contributed by atoms with Gasteiger partial charge in [0.15, 0.2) is 34.0 Å². The molecule has 1 aromatic rings. The molecule has 0 atom stereocenters. The van der Waals surface area contributed by atoms with Crippen molar-refractivity contribution in [2.75, 3.05) is 19.1 Å². The van der Waals surface area contributed by atoms with E-state index >= 15 is 0 Å². The van der Waals surface area contributed by atoms with Gasteiger partial charge in [0.25, 0.3) is 0 Å². The minimum atomic E-state index is -0.926. The van der Waals surface area contributed by atoms with Crippen LogP contribution in [0.25, 0.3) is 11.5 Å². The highest BCUT2D eigenvalue weighted by Crippen LogP contribution is 2.43. The number of aryl methyl sites for hydroxylation is 1. The first-order chi connectivity index (χ1) is 15.5. The van der Waals surface area contributed by atoms with Crippen LogP contribution in [0.1, 0.15) is 19.3 Å². The van der Waals surface area contributed by atoms with E-state index in [4.69, 9.17) is 15.2 Å². The average molecular weight is 519 g/mol. The highest BCUT2D eigenvalue weighted by molar-refractivity contribution is 9.10. The molecule has 0 aromatic heterocycles. The third kappa shape index (κ3) is 4.07. The van der Waals surface area contributed by atoms with Gasteiger partial charge in [-0.1, -0.05) is 5.57 Å². The molecule has 1 aromatic carbocycles. The van der Waals surface area contributed by atoms with Crippen molar-refractivity contribution in [2.45, 2.75) is 35.9 Å². The molecule has 0 saturated heterocycles. The summed E-state index contributed by atoms with van der Waals surface area (Å²) in [6.45, 7) is 1.33. The van der Waals surface area contributed by atoms with Crippen LogP contribution in [0.2, 0.25) is 0 Å². The Hall–Kier alpha value is -2.99. The molecule has 0 bridgehead atoms. The lowest BCUT2D eigenvalue weighted by Gasteiger charge is -2.22. The van der Waals surface area contributed by atoms with Crippen molar-refractivity contribution in [3.63, 3.8) is 0 Å². The topological polar surface area (TPSA) is 129 Å². The second-order valence-electron chi connectivity index (χ2n) is 7.36. The quantitative estimate of drug-likeness (QED) is 0.513. The number of amides is 1. The molecule has 0 fully saturated rings. The van der Waals surface area contributed by atoms with E-state index in [1.807, 2.05) is 16.7 Å². The van der Waals surface area contributed by atoms with Gasteiger partial charge in [-0.25, -0.2) is 19.7 Å². The van der Waals surface area contributed by atoms with Gasteiger partial charge in [0.2, 0.25) is 6.79 Å². The summed E-state index contributed by atoms with van der Waals surface area (Å²) in [5, 5.41) is 9.77. The van der Waals surface area contributed by atoms with Crippen molar-refractivity contribution in [1.82, 2.24) is 24.4 Å². The molecule has 166 valence electrons. The van der Waals surface area contributed by atoms with Gasteiger partial charge in [-0.3, -0.25) is 4.90 Å². The van der Waals surface area contributed by atoms with Crippen molar-refractivity contribution < 1.29 is 19.4 Å². The van der Waals surface area contributed by atoms with Gasteiger partial charge in [-0.15, -0.1) is 0 Å². The maximum absolute atomic E-state index is 11.2. The fourth-order valence-electron chi connectivity index (χ4n) is 3.65. The summed E-state index contributed by atoms with van der Waals surface area (Å²) < 4.78 is 13.6. The summed E-state index contributed by atoms with van der Waals surface area (Å²) in [4.78, 5) is 27.0. The Balaban J connectivity index is 1.38. The number of ether oxygens (including phenoxy) is 2. The zero-order valence-electron chi connectivity index (χ0n) is 16.8. The number of carbonyl (C=O) groups is 1. The first-order valence-electron chi connectivity index (χ1n) is 9.92. The molecule has 4 aliphatic rings. The van der Waals surface area contributed by atoms with Gasteiger partial charge in [-0.2, -0.15) is 0 Å². The molecule has 0 aliphatic carbocycles. The number of fused-ring (bicyclic) bond motifs is 2. The minimum absolute atomic E-state index is 0.204. The highest BCUT2D eigenvalue weighted by atomic mass is 79.9. The van der Waals surface area contributed by atoms with Crippen LogP contribution in [-0.2, 0) is 6.54 Å². The van der Waals surface area contributed by atoms with Gasteiger partial charge in [0.1, 0.15) is 0 Å². The van der Waals surface area contributed by atoms with Crippen LogP contribution in [0.5, 0.6) is 11.5 Å². The van der Waals surface area contributed by atoms with Gasteiger partial charge >= 0.3 is 6.09 Å². The van der Waals surface area contributed by atoms with E-state index in [2.05, 4.69) is 30.9 Å². The number of hydrogen-bond donors (Lipinski definition) is 2. The zero-order valence-corrected chi connectivity index (χ0v) is 19.2. The van der Waals surface area contributed by atoms with E-state index in [0.29, 0.717) is 53.5 Å². The molecule has 5 rings (SSSR count). The van der Waals surface area contributed by atoms with E-state index in [1.54, 1.807) is 12.5 Å². The lowest BCUT2D eigenvalue weighted by Crippen LogP contribution is -2.28. The summed E-state index contributed by atoms with van der Waals surface area (Å²) in [5.41, 5.74) is 7.68. The third-order valence-corrected chi connectivity index (χ3v) is 7.10. The van der Waals surface area contributed by atoms with Crippen LogP contribution in [0.4, 0.5) is 10.6 Å². The third-order valence-electron chi connectivity index (χ3n) is 5.25. The molecular formula is C20H19BrN6O4S. The Labute approximate surface area is 195 Å². The van der Waals surface area contributed by atoms with E-state index in [1.165, 1.54) is 16.7 Å². The fourth-order valence-corrected chi connectivity index (χ4v) is 5.00. The minimum Gasteiger partial charge on any atom is -0.465 e. The Morgan fingerprint density at radius 1 is 1.28 bits per heavy atom. The normalized spacial score (nSPS) is 15.3. The predicted molar refractivity (Wildman–Crippen MR) is 120 cm³/mol. The largest absolute Gasteiger partial charge is 0.465 e. The number of benzene rings is 1. The molecule has 12 heteroatoms. The van der Waals surface area contributed by atoms with Gasteiger partial charge in [0, 0.05) is 28.7 Å². The number of rotatable bonds is 5. The predicted octanol–water partition coefficient (Wildman–Crippen LogP) is 4.05. The Kier molecular flexibility index (Phi) is 5.55. The second kappa shape index (κ2) is 8.51. The van der Waals surface area contributed by atoms with Crippen LogP contribution in [-0.4, -0.2) is 49.0 Å².